The lowest BCUT2D eigenvalue weighted by Crippen LogP contribution is -2.52. The Morgan fingerprint density at radius 1 is 0.962 bits per heavy atom. The number of amides is 1. The molecule has 5 heteroatoms. The second kappa shape index (κ2) is 11.9. The Morgan fingerprint density at radius 3 is 2.04 bits per heavy atom. The second-order valence-corrected chi connectivity index (χ2v) is 8.48. The zero-order valence-electron chi connectivity index (χ0n) is 17.2. The maximum atomic E-state index is 11.1. The first-order valence-electron chi connectivity index (χ1n) is 11.1. The molecule has 3 fully saturated rings. The number of carbonyl (C=O) groups is 1. The van der Waals surface area contributed by atoms with E-state index in [9.17, 15) is 4.79 Å². The van der Waals surface area contributed by atoms with E-state index >= 15 is 0 Å². The van der Waals surface area contributed by atoms with Gasteiger partial charge in [0.25, 0.3) is 0 Å². The van der Waals surface area contributed by atoms with Crippen molar-refractivity contribution in [3.63, 3.8) is 0 Å². The molecule has 5 nitrogen and oxygen atoms in total. The number of nitrogens with zero attached hydrogens (tertiary/aromatic N) is 2. The predicted octanol–water partition coefficient (Wildman–Crippen LogP) is 2.74. The largest absolute Gasteiger partial charge is 0.354 e. The van der Waals surface area contributed by atoms with Gasteiger partial charge >= 0.3 is 0 Å². The molecule has 2 aliphatic carbocycles. The summed E-state index contributed by atoms with van der Waals surface area (Å²) in [5.41, 5.74) is 5.63. The Kier molecular flexibility index (Phi) is 9.94. The Labute approximate surface area is 161 Å². The van der Waals surface area contributed by atoms with Crippen LogP contribution >= 0.6 is 0 Å². The molecular weight excluding hydrogens is 324 g/mol. The minimum atomic E-state index is 0.122. The molecule has 1 heterocycles. The molecule has 0 aromatic rings. The number of hydrogen-bond acceptors (Lipinski definition) is 4. The highest BCUT2D eigenvalue weighted by Gasteiger charge is 2.28. The molecule has 0 radical (unpaired) electrons. The van der Waals surface area contributed by atoms with Crippen molar-refractivity contribution in [2.45, 2.75) is 96.2 Å². The standard InChI is InChI=1S/C15H29N3O.C6H13N/c1-3-8-17-9-11-18(12-10-17)15-6-4-14(5-7-15)16-13(2)19;7-6-4-2-1-3-5-6/h14-15H,3-12H2,1-2H3,(H,16,19);6H,1-5,7H2. The smallest absolute Gasteiger partial charge is 0.217 e. The van der Waals surface area contributed by atoms with Crippen molar-refractivity contribution >= 4 is 5.91 Å². The number of nitrogens with two attached hydrogens (primary N) is 1. The van der Waals surface area contributed by atoms with Crippen molar-refractivity contribution in [2.24, 2.45) is 5.73 Å². The van der Waals surface area contributed by atoms with Crippen LogP contribution in [0.15, 0.2) is 0 Å². The van der Waals surface area contributed by atoms with Crippen LogP contribution in [0.4, 0.5) is 0 Å². The van der Waals surface area contributed by atoms with E-state index in [-0.39, 0.29) is 5.91 Å². The SMILES string of the molecule is CCCN1CCN(C2CCC(NC(C)=O)CC2)CC1.NC1CCCCC1. The molecule has 0 aromatic heterocycles. The van der Waals surface area contributed by atoms with E-state index in [0.29, 0.717) is 12.1 Å². The van der Waals surface area contributed by atoms with Crippen LogP contribution in [0, 0.1) is 0 Å². The number of hydrogen-bond donors (Lipinski definition) is 2. The highest BCUT2D eigenvalue weighted by Crippen LogP contribution is 2.24. The number of nitrogens with one attached hydrogen (secondary N) is 1. The van der Waals surface area contributed by atoms with E-state index in [0.717, 1.165) is 18.9 Å². The van der Waals surface area contributed by atoms with Crippen molar-refractivity contribution in [2.75, 3.05) is 32.7 Å². The molecule has 0 aromatic carbocycles. The predicted molar refractivity (Wildman–Crippen MR) is 109 cm³/mol. The zero-order chi connectivity index (χ0) is 18.8. The average Bonchev–Trinajstić information content (AvgIpc) is 2.64. The minimum absolute atomic E-state index is 0.122. The molecule has 3 N–H and O–H groups in total. The van der Waals surface area contributed by atoms with Crippen molar-refractivity contribution in [1.29, 1.82) is 0 Å². The number of rotatable bonds is 4. The summed E-state index contributed by atoms with van der Waals surface area (Å²) < 4.78 is 0. The number of piperazine rings is 1. The summed E-state index contributed by atoms with van der Waals surface area (Å²) in [6.07, 6.45) is 12.7. The van der Waals surface area contributed by atoms with Gasteiger partial charge in [-0.05, 0) is 51.5 Å². The fourth-order valence-corrected chi connectivity index (χ4v) is 4.68. The van der Waals surface area contributed by atoms with Crippen LogP contribution in [0.2, 0.25) is 0 Å². The van der Waals surface area contributed by atoms with Gasteiger partial charge in [-0.15, -0.1) is 0 Å². The van der Waals surface area contributed by atoms with Gasteiger partial charge in [0.15, 0.2) is 0 Å². The van der Waals surface area contributed by atoms with Gasteiger partial charge in [-0.2, -0.15) is 0 Å². The Balaban J connectivity index is 0.000000290. The van der Waals surface area contributed by atoms with Gasteiger partial charge < -0.3 is 16.0 Å². The third-order valence-corrected chi connectivity index (χ3v) is 6.22. The zero-order valence-corrected chi connectivity index (χ0v) is 17.2. The molecule has 3 rings (SSSR count). The van der Waals surface area contributed by atoms with Crippen LogP contribution in [0.5, 0.6) is 0 Å². The average molecular weight is 367 g/mol. The quantitative estimate of drug-likeness (QED) is 0.803. The molecule has 1 amide bonds. The Bertz CT molecular complexity index is 381. The summed E-state index contributed by atoms with van der Waals surface area (Å²) in [5, 5.41) is 3.06. The maximum absolute atomic E-state index is 11.1. The van der Waals surface area contributed by atoms with E-state index in [2.05, 4.69) is 22.0 Å². The van der Waals surface area contributed by atoms with Gasteiger partial charge in [-0.25, -0.2) is 0 Å². The van der Waals surface area contributed by atoms with E-state index in [1.54, 1.807) is 6.92 Å². The van der Waals surface area contributed by atoms with Gasteiger partial charge in [0.1, 0.15) is 0 Å². The fraction of sp³-hybridized carbons (Fsp3) is 0.952. The highest BCUT2D eigenvalue weighted by atomic mass is 16.1. The van der Waals surface area contributed by atoms with E-state index in [4.69, 9.17) is 5.73 Å². The Hall–Kier alpha value is -0.650. The lowest BCUT2D eigenvalue weighted by atomic mass is 9.89. The summed E-state index contributed by atoms with van der Waals surface area (Å²) in [4.78, 5) is 16.3. The van der Waals surface area contributed by atoms with Gasteiger partial charge in [0.2, 0.25) is 5.91 Å². The third kappa shape index (κ3) is 7.93. The molecule has 26 heavy (non-hydrogen) atoms. The van der Waals surface area contributed by atoms with Crippen LogP contribution in [0.3, 0.4) is 0 Å². The van der Waals surface area contributed by atoms with E-state index < -0.39 is 0 Å². The molecule has 1 aliphatic heterocycles. The molecule has 0 bridgehead atoms. The molecule has 3 aliphatic rings. The summed E-state index contributed by atoms with van der Waals surface area (Å²) in [6.45, 7) is 10.1. The van der Waals surface area contributed by atoms with Gasteiger partial charge in [0.05, 0.1) is 0 Å². The van der Waals surface area contributed by atoms with Crippen LogP contribution in [0.25, 0.3) is 0 Å². The molecule has 1 saturated heterocycles. The number of carbonyl (C=O) groups excluding carboxylic acids is 1. The fourth-order valence-electron chi connectivity index (χ4n) is 4.68. The summed E-state index contributed by atoms with van der Waals surface area (Å²) in [6, 6.07) is 1.72. The summed E-state index contributed by atoms with van der Waals surface area (Å²) >= 11 is 0. The second-order valence-electron chi connectivity index (χ2n) is 8.48. The van der Waals surface area contributed by atoms with Gasteiger partial charge in [-0.1, -0.05) is 26.2 Å². The molecule has 0 unspecified atom stereocenters. The van der Waals surface area contributed by atoms with Crippen molar-refractivity contribution in [3.05, 3.63) is 0 Å². The van der Waals surface area contributed by atoms with E-state index in [1.807, 2.05) is 0 Å². The first-order chi connectivity index (χ1) is 12.6. The van der Waals surface area contributed by atoms with Crippen molar-refractivity contribution in [1.82, 2.24) is 15.1 Å². The Morgan fingerprint density at radius 2 is 1.58 bits per heavy atom. The first kappa shape index (κ1) is 21.6. The van der Waals surface area contributed by atoms with Gasteiger partial charge in [-0.3, -0.25) is 9.69 Å². The lowest BCUT2D eigenvalue weighted by Gasteiger charge is -2.42. The lowest BCUT2D eigenvalue weighted by molar-refractivity contribution is -0.119. The first-order valence-corrected chi connectivity index (χ1v) is 11.1. The summed E-state index contributed by atoms with van der Waals surface area (Å²) in [7, 11) is 0. The van der Waals surface area contributed by atoms with Crippen molar-refractivity contribution < 1.29 is 4.79 Å². The van der Waals surface area contributed by atoms with Crippen LogP contribution < -0.4 is 11.1 Å². The van der Waals surface area contributed by atoms with Crippen LogP contribution in [-0.4, -0.2) is 66.6 Å². The molecule has 2 saturated carbocycles. The minimum Gasteiger partial charge on any atom is -0.354 e. The van der Waals surface area contributed by atoms with Gasteiger partial charge in [0, 0.05) is 51.2 Å². The van der Waals surface area contributed by atoms with Crippen LogP contribution in [-0.2, 0) is 4.79 Å². The van der Waals surface area contributed by atoms with Crippen LogP contribution in [0.1, 0.15) is 78.1 Å². The van der Waals surface area contributed by atoms with Crippen molar-refractivity contribution in [3.8, 4) is 0 Å². The molecular formula is C21H42N4O. The topological polar surface area (TPSA) is 61.6 Å². The molecule has 152 valence electrons. The molecule has 0 spiro atoms. The normalized spacial score (nSPS) is 28.9. The summed E-state index contributed by atoms with van der Waals surface area (Å²) in [5.74, 6) is 0.122. The third-order valence-electron chi connectivity index (χ3n) is 6.22. The maximum Gasteiger partial charge on any atom is 0.217 e. The molecule has 0 atom stereocenters. The van der Waals surface area contributed by atoms with E-state index in [1.165, 1.54) is 84.1 Å². The highest BCUT2D eigenvalue weighted by molar-refractivity contribution is 5.73. The monoisotopic (exact) mass is 366 g/mol.